The maximum atomic E-state index is 6.50. The molecule has 11 rings (SSSR count). The molecule has 0 fully saturated rings. The summed E-state index contributed by atoms with van der Waals surface area (Å²) in [5.74, 6) is 0.618. The Morgan fingerprint density at radius 1 is 0.333 bits per heavy atom. The van der Waals surface area contributed by atoms with E-state index in [1.165, 1.54) is 0 Å². The number of para-hydroxylation sites is 5. The second-order valence-electron chi connectivity index (χ2n) is 12.9. The van der Waals surface area contributed by atoms with E-state index >= 15 is 0 Å². The number of fused-ring (bicyclic) bond motifs is 9. The van der Waals surface area contributed by atoms with Gasteiger partial charge in [0.05, 0.1) is 0 Å². The van der Waals surface area contributed by atoms with Crippen LogP contribution in [-0.2, 0) is 0 Å². The molecular formula is C46H26N2O3. The first-order chi connectivity index (χ1) is 25.3. The van der Waals surface area contributed by atoms with E-state index in [9.17, 15) is 0 Å². The predicted octanol–water partition coefficient (Wildman–Crippen LogP) is 12.8. The standard InChI is InChI=1S/C46H26N2O3/c1-4-22-38-33(15-1)35-20-9-18-31(43(35)49-38)27-11-7-13-29(25-27)41-45-42(37-17-3-6-24-40(37)51-45)48-46(47-41)30-14-8-12-28(26-30)32-19-10-21-36-34-16-2-5-23-39(34)50-44(32)36/h1-26H. The molecule has 51 heavy (non-hydrogen) atoms. The van der Waals surface area contributed by atoms with Crippen LogP contribution in [0, 0.1) is 0 Å². The Hall–Kier alpha value is -6.98. The number of aromatic nitrogens is 2. The molecule has 0 aliphatic carbocycles. The van der Waals surface area contributed by atoms with Crippen molar-refractivity contribution < 1.29 is 13.3 Å². The van der Waals surface area contributed by atoms with E-state index in [4.69, 9.17) is 23.2 Å². The smallest absolute Gasteiger partial charge is 0.180 e. The zero-order valence-corrected chi connectivity index (χ0v) is 27.1. The van der Waals surface area contributed by atoms with Crippen LogP contribution in [0.2, 0.25) is 0 Å². The average molecular weight is 655 g/mol. The fourth-order valence-electron chi connectivity index (χ4n) is 7.52. The lowest BCUT2D eigenvalue weighted by atomic mass is 9.98. The minimum absolute atomic E-state index is 0.618. The molecule has 0 bridgehead atoms. The first-order valence-corrected chi connectivity index (χ1v) is 17.0. The molecule has 0 unspecified atom stereocenters. The minimum atomic E-state index is 0.618. The maximum Gasteiger partial charge on any atom is 0.180 e. The second-order valence-corrected chi connectivity index (χ2v) is 12.9. The molecule has 7 aromatic carbocycles. The zero-order valence-electron chi connectivity index (χ0n) is 27.1. The van der Waals surface area contributed by atoms with Crippen LogP contribution in [0.15, 0.2) is 171 Å². The number of benzene rings is 7. The minimum Gasteiger partial charge on any atom is -0.455 e. The topological polar surface area (TPSA) is 65.2 Å². The number of hydrogen-bond donors (Lipinski definition) is 0. The normalized spacial score (nSPS) is 11.9. The number of rotatable bonds is 4. The molecule has 4 heterocycles. The fourth-order valence-corrected chi connectivity index (χ4v) is 7.52. The van der Waals surface area contributed by atoms with Crippen molar-refractivity contribution in [3.8, 4) is 44.9 Å². The first-order valence-electron chi connectivity index (χ1n) is 17.0. The third-order valence-electron chi connectivity index (χ3n) is 9.91. The van der Waals surface area contributed by atoms with Crippen LogP contribution in [0.5, 0.6) is 0 Å². The molecule has 11 aromatic rings. The van der Waals surface area contributed by atoms with Gasteiger partial charge in [0.1, 0.15) is 39.1 Å². The summed E-state index contributed by atoms with van der Waals surface area (Å²) in [5, 5.41) is 5.35. The summed E-state index contributed by atoms with van der Waals surface area (Å²) in [4.78, 5) is 10.4. The van der Waals surface area contributed by atoms with E-state index in [0.29, 0.717) is 11.4 Å². The molecule has 0 N–H and O–H groups in total. The van der Waals surface area contributed by atoms with Gasteiger partial charge in [-0.1, -0.05) is 121 Å². The Bertz CT molecular complexity index is 3160. The molecule has 0 saturated heterocycles. The largest absolute Gasteiger partial charge is 0.455 e. The summed E-state index contributed by atoms with van der Waals surface area (Å²) in [6.07, 6.45) is 0. The quantitative estimate of drug-likeness (QED) is 0.189. The molecule has 5 heteroatoms. The third kappa shape index (κ3) is 4.28. The van der Waals surface area contributed by atoms with Crippen LogP contribution >= 0.6 is 0 Å². The number of nitrogens with zero attached hydrogens (tertiary/aromatic N) is 2. The Morgan fingerprint density at radius 3 is 1.41 bits per heavy atom. The second kappa shape index (κ2) is 10.8. The van der Waals surface area contributed by atoms with Gasteiger partial charge in [-0.3, -0.25) is 0 Å². The third-order valence-corrected chi connectivity index (χ3v) is 9.91. The van der Waals surface area contributed by atoms with Crippen molar-refractivity contribution in [2.75, 3.05) is 0 Å². The Balaban J connectivity index is 1.10. The monoisotopic (exact) mass is 654 g/mol. The van der Waals surface area contributed by atoms with Gasteiger partial charge in [-0.2, -0.15) is 0 Å². The number of furan rings is 3. The molecule has 5 nitrogen and oxygen atoms in total. The van der Waals surface area contributed by atoms with Gasteiger partial charge in [0.25, 0.3) is 0 Å². The first kappa shape index (κ1) is 27.9. The van der Waals surface area contributed by atoms with Crippen molar-refractivity contribution in [1.29, 1.82) is 0 Å². The molecule has 0 aliphatic heterocycles. The van der Waals surface area contributed by atoms with Gasteiger partial charge in [0.2, 0.25) is 0 Å². The van der Waals surface area contributed by atoms with Crippen LogP contribution in [-0.4, -0.2) is 9.97 Å². The van der Waals surface area contributed by atoms with E-state index in [1.807, 2.05) is 54.6 Å². The summed E-state index contributed by atoms with van der Waals surface area (Å²) in [5.41, 5.74) is 12.3. The lowest BCUT2D eigenvalue weighted by Crippen LogP contribution is -1.94. The molecule has 238 valence electrons. The summed E-state index contributed by atoms with van der Waals surface area (Å²) in [6.45, 7) is 0. The van der Waals surface area contributed by atoms with Gasteiger partial charge in [0.15, 0.2) is 11.4 Å². The Morgan fingerprint density at radius 2 is 0.784 bits per heavy atom. The molecule has 0 spiro atoms. The Labute approximate surface area is 291 Å². The van der Waals surface area contributed by atoms with Crippen LogP contribution in [0.1, 0.15) is 0 Å². The van der Waals surface area contributed by atoms with Crippen LogP contribution < -0.4 is 0 Å². The molecule has 4 aromatic heterocycles. The molecule has 0 radical (unpaired) electrons. The average Bonchev–Trinajstić information content (AvgIpc) is 3.89. The molecular weight excluding hydrogens is 629 g/mol. The summed E-state index contributed by atoms with van der Waals surface area (Å²) >= 11 is 0. The van der Waals surface area contributed by atoms with Gasteiger partial charge in [0, 0.05) is 49.2 Å². The van der Waals surface area contributed by atoms with Crippen molar-refractivity contribution >= 4 is 65.9 Å². The maximum absolute atomic E-state index is 6.50. The van der Waals surface area contributed by atoms with E-state index in [1.54, 1.807) is 0 Å². The van der Waals surface area contributed by atoms with Crippen molar-refractivity contribution in [3.63, 3.8) is 0 Å². The lowest BCUT2D eigenvalue weighted by molar-refractivity contribution is 0.667. The highest BCUT2D eigenvalue weighted by molar-refractivity contribution is 6.11. The Kier molecular flexibility index (Phi) is 5.89. The zero-order chi connectivity index (χ0) is 33.5. The van der Waals surface area contributed by atoms with Gasteiger partial charge >= 0.3 is 0 Å². The fraction of sp³-hybridized carbons (Fsp3) is 0. The summed E-state index contributed by atoms with van der Waals surface area (Å²) in [6, 6.07) is 53.8. The summed E-state index contributed by atoms with van der Waals surface area (Å²) in [7, 11) is 0. The predicted molar refractivity (Wildman–Crippen MR) is 206 cm³/mol. The van der Waals surface area contributed by atoms with Crippen LogP contribution in [0.25, 0.3) is 111 Å². The highest BCUT2D eigenvalue weighted by atomic mass is 16.3. The van der Waals surface area contributed by atoms with E-state index in [0.717, 1.165) is 99.4 Å². The van der Waals surface area contributed by atoms with Crippen molar-refractivity contribution in [3.05, 3.63) is 158 Å². The van der Waals surface area contributed by atoms with Crippen molar-refractivity contribution in [2.24, 2.45) is 0 Å². The van der Waals surface area contributed by atoms with Crippen molar-refractivity contribution in [2.45, 2.75) is 0 Å². The van der Waals surface area contributed by atoms with E-state index in [-0.39, 0.29) is 0 Å². The van der Waals surface area contributed by atoms with Gasteiger partial charge in [-0.15, -0.1) is 0 Å². The molecule has 0 amide bonds. The van der Waals surface area contributed by atoms with Crippen LogP contribution in [0.3, 0.4) is 0 Å². The SMILES string of the molecule is c1cc(-c2nc(-c3cccc(-c4cccc5c4oc4ccccc45)c3)c3oc4ccccc4c3n2)cc(-c2cccc3c2oc2ccccc23)c1. The van der Waals surface area contributed by atoms with Crippen LogP contribution in [0.4, 0.5) is 0 Å². The molecule has 0 saturated carbocycles. The van der Waals surface area contributed by atoms with E-state index < -0.39 is 0 Å². The molecule has 0 aliphatic rings. The molecule has 0 atom stereocenters. The van der Waals surface area contributed by atoms with Crippen molar-refractivity contribution in [1.82, 2.24) is 9.97 Å². The summed E-state index contributed by atoms with van der Waals surface area (Å²) < 4.78 is 19.3. The number of hydrogen-bond acceptors (Lipinski definition) is 5. The highest BCUT2D eigenvalue weighted by Crippen LogP contribution is 2.41. The lowest BCUT2D eigenvalue weighted by Gasteiger charge is -2.10. The van der Waals surface area contributed by atoms with Gasteiger partial charge in [-0.05, 0) is 47.5 Å². The van der Waals surface area contributed by atoms with Gasteiger partial charge in [-0.25, -0.2) is 9.97 Å². The highest BCUT2D eigenvalue weighted by Gasteiger charge is 2.20. The van der Waals surface area contributed by atoms with Gasteiger partial charge < -0.3 is 13.3 Å². The van der Waals surface area contributed by atoms with E-state index in [2.05, 4.69) is 103 Å².